The number of fused-ring (bicyclic) bond motifs is 1. The van der Waals surface area contributed by atoms with Gasteiger partial charge in [-0.15, -0.1) is 0 Å². The SMILES string of the molecule is Cc1ocnc1C(=O)N1CCCC2(CCCCCOc3ccc(Cl)cc3C(=O)NC2)C1. The lowest BCUT2D eigenvalue weighted by Gasteiger charge is -2.43. The second-order valence-corrected chi connectivity index (χ2v) is 9.01. The Hall–Kier alpha value is -2.54. The molecule has 1 atom stereocenters. The third kappa shape index (κ3) is 4.87. The summed E-state index contributed by atoms with van der Waals surface area (Å²) in [5, 5.41) is 3.60. The van der Waals surface area contributed by atoms with Crippen LogP contribution in [0.25, 0.3) is 0 Å². The molecule has 0 aliphatic carbocycles. The Morgan fingerprint density at radius 3 is 2.87 bits per heavy atom. The van der Waals surface area contributed by atoms with Crippen LogP contribution in [0.3, 0.4) is 0 Å². The minimum atomic E-state index is -0.201. The molecule has 4 rings (SSSR count). The lowest BCUT2D eigenvalue weighted by Crippen LogP contribution is -2.51. The van der Waals surface area contributed by atoms with Gasteiger partial charge in [-0.25, -0.2) is 4.98 Å². The summed E-state index contributed by atoms with van der Waals surface area (Å²) in [5.41, 5.74) is 0.653. The highest BCUT2D eigenvalue weighted by Crippen LogP contribution is 2.36. The molecular formula is C23H28ClN3O4. The molecule has 31 heavy (non-hydrogen) atoms. The summed E-state index contributed by atoms with van der Waals surface area (Å²) in [7, 11) is 0. The minimum absolute atomic E-state index is 0.103. The normalized spacial score (nSPS) is 22.6. The average molecular weight is 446 g/mol. The first-order chi connectivity index (χ1) is 15.0. The molecule has 1 saturated heterocycles. The molecule has 1 fully saturated rings. The van der Waals surface area contributed by atoms with Gasteiger partial charge in [-0.3, -0.25) is 9.59 Å². The number of hydrogen-bond acceptors (Lipinski definition) is 5. The van der Waals surface area contributed by atoms with Crippen LogP contribution in [-0.2, 0) is 0 Å². The Morgan fingerprint density at radius 1 is 1.23 bits per heavy atom. The predicted molar refractivity (Wildman–Crippen MR) is 117 cm³/mol. The largest absolute Gasteiger partial charge is 0.493 e. The van der Waals surface area contributed by atoms with Crippen molar-refractivity contribution in [3.8, 4) is 5.75 Å². The van der Waals surface area contributed by atoms with Gasteiger partial charge in [0, 0.05) is 30.1 Å². The number of hydrogen-bond donors (Lipinski definition) is 1. The number of piperidine rings is 1. The molecule has 166 valence electrons. The third-order valence-corrected chi connectivity index (χ3v) is 6.55. The fraction of sp³-hybridized carbons (Fsp3) is 0.522. The van der Waals surface area contributed by atoms with Crippen molar-refractivity contribution >= 4 is 23.4 Å². The van der Waals surface area contributed by atoms with E-state index in [2.05, 4.69) is 10.3 Å². The van der Waals surface area contributed by atoms with Crippen LogP contribution in [0.15, 0.2) is 29.0 Å². The number of oxazole rings is 1. The van der Waals surface area contributed by atoms with Crippen LogP contribution in [0.1, 0.15) is 65.1 Å². The zero-order valence-corrected chi connectivity index (χ0v) is 18.5. The molecule has 2 aliphatic rings. The van der Waals surface area contributed by atoms with Gasteiger partial charge in [0.2, 0.25) is 0 Å². The number of ether oxygens (including phenoxy) is 1. The number of carbonyl (C=O) groups excluding carboxylic acids is 2. The monoisotopic (exact) mass is 445 g/mol. The molecule has 7 nitrogen and oxygen atoms in total. The van der Waals surface area contributed by atoms with Crippen LogP contribution in [0, 0.1) is 12.3 Å². The first-order valence-electron chi connectivity index (χ1n) is 10.9. The first-order valence-corrected chi connectivity index (χ1v) is 11.3. The summed E-state index contributed by atoms with van der Waals surface area (Å²) in [6.07, 6.45) is 7.09. The maximum absolute atomic E-state index is 13.0. The summed E-state index contributed by atoms with van der Waals surface area (Å²) in [5.74, 6) is 0.783. The summed E-state index contributed by atoms with van der Waals surface area (Å²) < 4.78 is 11.1. The Kier molecular flexibility index (Phi) is 6.51. The van der Waals surface area contributed by atoms with Gasteiger partial charge < -0.3 is 19.4 Å². The van der Waals surface area contributed by atoms with Gasteiger partial charge in [-0.1, -0.05) is 24.4 Å². The topological polar surface area (TPSA) is 84.7 Å². The predicted octanol–water partition coefficient (Wildman–Crippen LogP) is 4.24. The van der Waals surface area contributed by atoms with Crippen molar-refractivity contribution in [3.05, 3.63) is 46.6 Å². The van der Waals surface area contributed by atoms with Crippen molar-refractivity contribution in [1.82, 2.24) is 15.2 Å². The maximum Gasteiger partial charge on any atom is 0.276 e. The second kappa shape index (κ2) is 9.30. The van der Waals surface area contributed by atoms with Gasteiger partial charge in [0.1, 0.15) is 11.5 Å². The van der Waals surface area contributed by atoms with Gasteiger partial charge in [-0.05, 0) is 50.8 Å². The molecule has 1 aromatic heterocycles. The number of amides is 2. The zero-order valence-electron chi connectivity index (χ0n) is 17.8. The molecule has 2 aromatic rings. The number of likely N-dealkylation sites (tertiary alicyclic amines) is 1. The first kappa shape index (κ1) is 21.7. The molecule has 1 N–H and O–H groups in total. The molecule has 0 radical (unpaired) electrons. The van der Waals surface area contributed by atoms with E-state index in [-0.39, 0.29) is 17.2 Å². The zero-order chi connectivity index (χ0) is 21.8. The molecule has 1 spiro atoms. The van der Waals surface area contributed by atoms with E-state index in [9.17, 15) is 9.59 Å². The number of nitrogens with one attached hydrogen (secondary N) is 1. The van der Waals surface area contributed by atoms with Crippen LogP contribution in [0.4, 0.5) is 0 Å². The van der Waals surface area contributed by atoms with E-state index in [1.54, 1.807) is 25.1 Å². The highest BCUT2D eigenvalue weighted by molar-refractivity contribution is 6.31. The second-order valence-electron chi connectivity index (χ2n) is 8.57. The van der Waals surface area contributed by atoms with Crippen molar-refractivity contribution < 1.29 is 18.7 Å². The number of carbonyl (C=O) groups is 2. The van der Waals surface area contributed by atoms with Crippen molar-refractivity contribution in [2.75, 3.05) is 26.2 Å². The maximum atomic E-state index is 13.0. The van der Waals surface area contributed by atoms with Crippen molar-refractivity contribution in [3.63, 3.8) is 0 Å². The molecular weight excluding hydrogens is 418 g/mol. The van der Waals surface area contributed by atoms with Crippen LogP contribution >= 0.6 is 11.6 Å². The highest BCUT2D eigenvalue weighted by atomic mass is 35.5. The van der Waals surface area contributed by atoms with E-state index in [4.69, 9.17) is 20.8 Å². The van der Waals surface area contributed by atoms with E-state index in [1.165, 1.54) is 6.39 Å². The fourth-order valence-corrected chi connectivity index (χ4v) is 4.78. The standard InChI is InChI=1S/C23H28ClN3O4/c1-16-20(26-15-31-16)22(29)27-10-5-9-23(14-27)8-3-2-4-11-30-19-7-6-17(24)12-18(19)21(28)25-13-23/h6-7,12,15H,2-5,8-11,13-14H2,1H3,(H,25,28). The van der Waals surface area contributed by atoms with E-state index >= 15 is 0 Å². The fourth-order valence-electron chi connectivity index (χ4n) is 4.61. The Morgan fingerprint density at radius 2 is 2.06 bits per heavy atom. The Bertz CT molecular complexity index is 960. The van der Waals surface area contributed by atoms with Gasteiger partial charge in [0.15, 0.2) is 12.1 Å². The lowest BCUT2D eigenvalue weighted by atomic mass is 9.75. The van der Waals surface area contributed by atoms with Gasteiger partial charge in [0.25, 0.3) is 11.8 Å². The quantitative estimate of drug-likeness (QED) is 0.709. The number of halogens is 1. The van der Waals surface area contributed by atoms with E-state index < -0.39 is 0 Å². The number of rotatable bonds is 1. The van der Waals surface area contributed by atoms with Gasteiger partial charge in [-0.2, -0.15) is 0 Å². The summed E-state index contributed by atoms with van der Waals surface area (Å²) in [6, 6.07) is 5.13. The number of nitrogens with zero attached hydrogens (tertiary/aromatic N) is 2. The molecule has 8 heteroatoms. The Balaban J connectivity index is 1.55. The molecule has 3 heterocycles. The van der Waals surface area contributed by atoms with Crippen LogP contribution < -0.4 is 10.1 Å². The third-order valence-electron chi connectivity index (χ3n) is 6.32. The summed E-state index contributed by atoms with van der Waals surface area (Å²) >= 11 is 6.13. The molecule has 2 aliphatic heterocycles. The average Bonchev–Trinajstić information content (AvgIpc) is 3.20. The van der Waals surface area contributed by atoms with E-state index in [1.807, 2.05) is 4.90 Å². The lowest BCUT2D eigenvalue weighted by molar-refractivity contribution is 0.0463. The van der Waals surface area contributed by atoms with E-state index in [0.29, 0.717) is 54.0 Å². The molecule has 0 bridgehead atoms. The van der Waals surface area contributed by atoms with Crippen molar-refractivity contribution in [2.45, 2.75) is 45.4 Å². The van der Waals surface area contributed by atoms with Crippen LogP contribution in [0.5, 0.6) is 5.75 Å². The Labute approximate surface area is 187 Å². The summed E-state index contributed by atoms with van der Waals surface area (Å²) in [4.78, 5) is 32.0. The van der Waals surface area contributed by atoms with Crippen LogP contribution in [0.2, 0.25) is 5.02 Å². The van der Waals surface area contributed by atoms with E-state index in [0.717, 1.165) is 38.5 Å². The number of benzene rings is 1. The molecule has 2 amide bonds. The minimum Gasteiger partial charge on any atom is -0.493 e. The molecule has 1 unspecified atom stereocenters. The van der Waals surface area contributed by atoms with Crippen molar-refractivity contribution in [2.24, 2.45) is 5.41 Å². The number of aryl methyl sites for hydroxylation is 1. The highest BCUT2D eigenvalue weighted by Gasteiger charge is 2.38. The smallest absolute Gasteiger partial charge is 0.276 e. The number of aromatic nitrogens is 1. The molecule has 1 aromatic carbocycles. The van der Waals surface area contributed by atoms with Crippen molar-refractivity contribution in [1.29, 1.82) is 0 Å². The van der Waals surface area contributed by atoms with Gasteiger partial charge >= 0.3 is 0 Å². The molecule has 0 saturated carbocycles. The summed E-state index contributed by atoms with van der Waals surface area (Å²) in [6.45, 7) is 4.09. The van der Waals surface area contributed by atoms with Gasteiger partial charge in [0.05, 0.1) is 12.2 Å². The van der Waals surface area contributed by atoms with Crippen LogP contribution in [-0.4, -0.2) is 47.9 Å².